The zero-order chi connectivity index (χ0) is 19.6. The molecule has 0 heterocycles. The fourth-order valence-electron chi connectivity index (χ4n) is 3.16. The number of rotatable bonds is 20. The minimum Gasteiger partial charge on any atom is -0.0928 e. The van der Waals surface area contributed by atoms with E-state index in [4.69, 9.17) is 0 Å². The van der Waals surface area contributed by atoms with Gasteiger partial charge in [-0.1, -0.05) is 161 Å². The van der Waals surface area contributed by atoms with Gasteiger partial charge in [-0.2, -0.15) is 0 Å². The molecule has 0 unspecified atom stereocenters. The highest BCUT2D eigenvalue weighted by Crippen LogP contribution is 2.11. The summed E-state index contributed by atoms with van der Waals surface area (Å²) in [4.78, 5) is 0. The Morgan fingerprint density at radius 2 is 0.500 bits per heavy atom. The van der Waals surface area contributed by atoms with E-state index >= 15 is 0 Å². The zero-order valence-electron chi connectivity index (χ0n) is 18.3. The molecule has 0 N–H and O–H groups in total. The van der Waals surface area contributed by atoms with E-state index in [-0.39, 0.29) is 0 Å². The molecule has 0 aromatic rings. The third-order valence-corrected chi connectivity index (χ3v) is 6.10. The minimum absolute atomic E-state index is 1.18. The van der Waals surface area contributed by atoms with Gasteiger partial charge in [0, 0.05) is 10.7 Å². The topological polar surface area (TPSA) is 0 Å². The summed E-state index contributed by atoms with van der Waals surface area (Å²) < 4.78 is 0. The first kappa shape index (κ1) is 29.2. The highest BCUT2D eigenvalue weighted by molar-refractivity contribution is 9.09. The maximum absolute atomic E-state index is 3.46. The number of hydrogen-bond donors (Lipinski definition) is 0. The first-order valence-corrected chi connectivity index (χ1v) is 14.2. The van der Waals surface area contributed by atoms with Gasteiger partial charge in [-0.3, -0.25) is 0 Å². The van der Waals surface area contributed by atoms with Gasteiger partial charge in [0.1, 0.15) is 0 Å². The Morgan fingerprint density at radius 1 is 0.308 bits per heavy atom. The molecule has 0 bridgehead atoms. The number of alkyl halides is 2. The second kappa shape index (κ2) is 30.7. The van der Waals surface area contributed by atoms with Crippen molar-refractivity contribution in [1.82, 2.24) is 0 Å². The molecular formula is C24H50Br2. The highest BCUT2D eigenvalue weighted by atomic mass is 79.9. The van der Waals surface area contributed by atoms with Gasteiger partial charge in [-0.05, 0) is 12.8 Å². The van der Waals surface area contributed by atoms with Crippen LogP contribution in [-0.2, 0) is 0 Å². The Hall–Kier alpha value is 0.960. The molecule has 26 heavy (non-hydrogen) atoms. The second-order valence-electron chi connectivity index (χ2n) is 7.74. The molecule has 0 saturated heterocycles. The van der Waals surface area contributed by atoms with Crippen LogP contribution in [0, 0.1) is 0 Å². The van der Waals surface area contributed by atoms with Gasteiger partial charge >= 0.3 is 0 Å². The van der Waals surface area contributed by atoms with E-state index in [0.717, 1.165) is 0 Å². The number of halogens is 2. The van der Waals surface area contributed by atoms with E-state index in [9.17, 15) is 0 Å². The molecule has 0 aliphatic rings. The minimum atomic E-state index is 1.18. The summed E-state index contributed by atoms with van der Waals surface area (Å²) in [5.74, 6) is 0. The van der Waals surface area contributed by atoms with Crippen molar-refractivity contribution in [3.05, 3.63) is 0 Å². The van der Waals surface area contributed by atoms with E-state index < -0.39 is 0 Å². The van der Waals surface area contributed by atoms with E-state index in [2.05, 4.69) is 45.7 Å². The van der Waals surface area contributed by atoms with Crippen LogP contribution in [0.4, 0.5) is 0 Å². The summed E-state index contributed by atoms with van der Waals surface area (Å²) in [6.45, 7) is 4.56. The normalized spacial score (nSPS) is 10.6. The van der Waals surface area contributed by atoms with Crippen molar-refractivity contribution in [1.29, 1.82) is 0 Å². The van der Waals surface area contributed by atoms with Gasteiger partial charge in [-0.25, -0.2) is 0 Å². The molecule has 0 rings (SSSR count). The largest absolute Gasteiger partial charge is 0.0928 e. The van der Waals surface area contributed by atoms with Gasteiger partial charge in [0.25, 0.3) is 0 Å². The van der Waals surface area contributed by atoms with Gasteiger partial charge in [0.05, 0.1) is 0 Å². The molecule has 0 nitrogen and oxygen atoms in total. The van der Waals surface area contributed by atoms with Crippen LogP contribution >= 0.6 is 31.9 Å². The molecule has 0 aliphatic carbocycles. The Bertz CT molecular complexity index is 164. The van der Waals surface area contributed by atoms with E-state index in [1.165, 1.54) is 139 Å². The SMILES string of the molecule is CCCCCCCCCCCCBr.CCCCCCCCCCCCBr. The van der Waals surface area contributed by atoms with E-state index in [1.807, 2.05) is 0 Å². The van der Waals surface area contributed by atoms with Crippen molar-refractivity contribution < 1.29 is 0 Å². The van der Waals surface area contributed by atoms with Crippen LogP contribution in [0.5, 0.6) is 0 Å². The molecule has 160 valence electrons. The van der Waals surface area contributed by atoms with Crippen molar-refractivity contribution in [3.63, 3.8) is 0 Å². The Balaban J connectivity index is 0. The van der Waals surface area contributed by atoms with Gasteiger partial charge < -0.3 is 0 Å². The summed E-state index contributed by atoms with van der Waals surface area (Å²) in [6, 6.07) is 0. The van der Waals surface area contributed by atoms with Gasteiger partial charge in [-0.15, -0.1) is 0 Å². The van der Waals surface area contributed by atoms with Crippen molar-refractivity contribution in [2.75, 3.05) is 10.7 Å². The molecule has 2 heteroatoms. The predicted octanol–water partition coefficient (Wildman–Crippen LogP) is 10.6. The van der Waals surface area contributed by atoms with E-state index in [1.54, 1.807) is 0 Å². The van der Waals surface area contributed by atoms with Crippen LogP contribution in [-0.4, -0.2) is 10.7 Å². The molecule has 0 spiro atoms. The maximum Gasteiger partial charge on any atom is 0.00313 e. The summed E-state index contributed by atoms with van der Waals surface area (Å²) in [5, 5.41) is 2.37. The lowest BCUT2D eigenvalue weighted by Crippen LogP contribution is -1.81. The van der Waals surface area contributed by atoms with Crippen LogP contribution in [0.2, 0.25) is 0 Å². The second-order valence-corrected chi connectivity index (χ2v) is 9.33. The Morgan fingerprint density at radius 3 is 0.692 bits per heavy atom. The van der Waals surface area contributed by atoms with Crippen molar-refractivity contribution >= 4 is 31.9 Å². The maximum atomic E-state index is 3.46. The molecule has 0 aliphatic heterocycles. The molecule has 0 radical (unpaired) electrons. The summed E-state index contributed by atoms with van der Waals surface area (Å²) in [6.07, 6.45) is 28.7. The van der Waals surface area contributed by atoms with Gasteiger partial charge in [0.2, 0.25) is 0 Å². The summed E-state index contributed by atoms with van der Waals surface area (Å²) in [7, 11) is 0. The summed E-state index contributed by atoms with van der Waals surface area (Å²) in [5.41, 5.74) is 0. The van der Waals surface area contributed by atoms with Crippen LogP contribution < -0.4 is 0 Å². The third kappa shape index (κ3) is 32.6. The lowest BCUT2D eigenvalue weighted by Gasteiger charge is -2.00. The molecular weight excluding hydrogens is 448 g/mol. The quantitative estimate of drug-likeness (QED) is 0.116. The van der Waals surface area contributed by atoms with Crippen molar-refractivity contribution in [2.45, 2.75) is 142 Å². The molecule has 0 aromatic heterocycles. The molecule has 0 atom stereocenters. The molecule has 0 fully saturated rings. The average molecular weight is 498 g/mol. The van der Waals surface area contributed by atoms with Crippen molar-refractivity contribution in [3.8, 4) is 0 Å². The molecule has 0 saturated carbocycles. The fraction of sp³-hybridized carbons (Fsp3) is 1.00. The summed E-state index contributed by atoms with van der Waals surface area (Å²) >= 11 is 6.92. The molecule has 0 aromatic carbocycles. The lowest BCUT2D eigenvalue weighted by molar-refractivity contribution is 0.563. The van der Waals surface area contributed by atoms with Crippen LogP contribution in [0.25, 0.3) is 0 Å². The monoisotopic (exact) mass is 496 g/mol. The third-order valence-electron chi connectivity index (χ3n) is 4.97. The van der Waals surface area contributed by atoms with E-state index in [0.29, 0.717) is 0 Å². The average Bonchev–Trinajstić information content (AvgIpc) is 2.66. The lowest BCUT2D eigenvalue weighted by atomic mass is 10.1. The van der Waals surface area contributed by atoms with Crippen molar-refractivity contribution in [2.24, 2.45) is 0 Å². The fourth-order valence-corrected chi connectivity index (χ4v) is 3.96. The first-order chi connectivity index (χ1) is 12.8. The van der Waals surface area contributed by atoms with Gasteiger partial charge in [0.15, 0.2) is 0 Å². The Kier molecular flexibility index (Phi) is 34.4. The van der Waals surface area contributed by atoms with Crippen LogP contribution in [0.1, 0.15) is 142 Å². The highest BCUT2D eigenvalue weighted by Gasteiger charge is 1.92. The standard InChI is InChI=1S/2C12H25Br/c2*1-2-3-4-5-6-7-8-9-10-11-12-13/h2*2-12H2,1H3. The molecule has 0 amide bonds. The smallest absolute Gasteiger partial charge is 0.00313 e. The first-order valence-electron chi connectivity index (χ1n) is 11.9. The predicted molar refractivity (Wildman–Crippen MR) is 131 cm³/mol. The number of hydrogen-bond acceptors (Lipinski definition) is 0. The Labute approximate surface area is 184 Å². The van der Waals surface area contributed by atoms with Crippen LogP contribution in [0.15, 0.2) is 0 Å². The van der Waals surface area contributed by atoms with Crippen LogP contribution in [0.3, 0.4) is 0 Å². The zero-order valence-corrected chi connectivity index (χ0v) is 21.5. The number of unbranched alkanes of at least 4 members (excludes halogenated alkanes) is 18.